The first-order chi connectivity index (χ1) is 11.1. The number of rotatable bonds is 4. The maximum absolute atomic E-state index is 12.5. The van der Waals surface area contributed by atoms with E-state index in [1.54, 1.807) is 14.2 Å². The highest BCUT2D eigenvalue weighted by molar-refractivity contribution is 5.78. The van der Waals surface area contributed by atoms with Crippen molar-refractivity contribution in [1.29, 1.82) is 0 Å². The zero-order valence-corrected chi connectivity index (χ0v) is 13.7. The highest BCUT2D eigenvalue weighted by Crippen LogP contribution is 2.33. The van der Waals surface area contributed by atoms with Gasteiger partial charge in [-0.3, -0.25) is 9.89 Å². The van der Waals surface area contributed by atoms with Crippen LogP contribution >= 0.6 is 0 Å². The number of methoxy groups -OCH3 is 2. The van der Waals surface area contributed by atoms with Gasteiger partial charge in [0.15, 0.2) is 11.5 Å². The highest BCUT2D eigenvalue weighted by Gasteiger charge is 2.23. The van der Waals surface area contributed by atoms with Gasteiger partial charge in [0, 0.05) is 18.8 Å². The van der Waals surface area contributed by atoms with Crippen molar-refractivity contribution >= 4 is 5.91 Å². The number of hydrogen-bond donors (Lipinski definition) is 1. The van der Waals surface area contributed by atoms with Gasteiger partial charge in [0.25, 0.3) is 0 Å². The number of nitrogens with zero attached hydrogens (tertiary/aromatic N) is 2. The molecule has 1 aromatic carbocycles. The minimum Gasteiger partial charge on any atom is -0.493 e. The second-order valence-corrected chi connectivity index (χ2v) is 5.76. The number of hydrogen-bond acceptors (Lipinski definition) is 4. The molecule has 23 heavy (non-hydrogen) atoms. The lowest BCUT2D eigenvalue weighted by atomic mass is 9.98. The van der Waals surface area contributed by atoms with Gasteiger partial charge in [0.2, 0.25) is 5.91 Å². The van der Waals surface area contributed by atoms with E-state index in [1.807, 2.05) is 30.0 Å². The summed E-state index contributed by atoms with van der Waals surface area (Å²) in [5, 5.41) is 7.01. The van der Waals surface area contributed by atoms with Crippen LogP contribution in [0.5, 0.6) is 11.5 Å². The van der Waals surface area contributed by atoms with Crippen molar-refractivity contribution in [2.75, 3.05) is 20.8 Å². The molecule has 0 saturated heterocycles. The number of nitrogens with one attached hydrogen (secondary N) is 1. The monoisotopic (exact) mass is 315 g/mol. The molecule has 1 aliphatic heterocycles. The van der Waals surface area contributed by atoms with Gasteiger partial charge in [-0.15, -0.1) is 0 Å². The van der Waals surface area contributed by atoms with Crippen LogP contribution in [-0.2, 0) is 24.2 Å². The summed E-state index contributed by atoms with van der Waals surface area (Å²) in [5.74, 6) is 1.53. The van der Waals surface area contributed by atoms with Crippen molar-refractivity contribution in [3.05, 3.63) is 40.7 Å². The molecule has 2 heterocycles. The summed E-state index contributed by atoms with van der Waals surface area (Å²) in [5.41, 5.74) is 4.07. The molecule has 0 saturated carbocycles. The molecule has 0 atom stereocenters. The maximum Gasteiger partial charge on any atom is 0.228 e. The van der Waals surface area contributed by atoms with Gasteiger partial charge in [0.05, 0.1) is 26.3 Å². The molecular weight excluding hydrogens is 294 g/mol. The van der Waals surface area contributed by atoms with Crippen molar-refractivity contribution in [1.82, 2.24) is 15.1 Å². The third-order valence-electron chi connectivity index (χ3n) is 4.16. The Balaban J connectivity index is 1.75. The molecule has 0 bridgehead atoms. The summed E-state index contributed by atoms with van der Waals surface area (Å²) in [6.07, 6.45) is 1.15. The van der Waals surface area contributed by atoms with Gasteiger partial charge in [-0.25, -0.2) is 0 Å². The fraction of sp³-hybridized carbons (Fsp3) is 0.412. The number of benzene rings is 1. The topological polar surface area (TPSA) is 67.5 Å². The number of aryl methyl sites for hydroxylation is 1. The van der Waals surface area contributed by atoms with Crippen molar-refractivity contribution in [3.63, 3.8) is 0 Å². The quantitative estimate of drug-likeness (QED) is 0.935. The lowest BCUT2D eigenvalue weighted by Crippen LogP contribution is -2.37. The number of amides is 1. The Morgan fingerprint density at radius 1 is 1.22 bits per heavy atom. The number of fused-ring (bicyclic) bond motifs is 1. The van der Waals surface area contributed by atoms with Crippen LogP contribution in [0, 0.1) is 6.92 Å². The van der Waals surface area contributed by atoms with E-state index in [4.69, 9.17) is 9.47 Å². The maximum atomic E-state index is 12.5. The second kappa shape index (κ2) is 6.32. The molecule has 3 rings (SSSR count). The van der Waals surface area contributed by atoms with Crippen LogP contribution in [0.2, 0.25) is 0 Å². The van der Waals surface area contributed by atoms with Gasteiger partial charge in [-0.1, -0.05) is 0 Å². The smallest absolute Gasteiger partial charge is 0.228 e. The Hall–Kier alpha value is -2.50. The average Bonchev–Trinajstić information content (AvgIpc) is 2.97. The summed E-state index contributed by atoms with van der Waals surface area (Å²) < 4.78 is 10.7. The fourth-order valence-electron chi connectivity index (χ4n) is 2.93. The molecule has 0 fully saturated rings. The van der Waals surface area contributed by atoms with Gasteiger partial charge < -0.3 is 14.4 Å². The predicted molar refractivity (Wildman–Crippen MR) is 85.7 cm³/mol. The van der Waals surface area contributed by atoms with E-state index in [0.717, 1.165) is 29.1 Å². The second-order valence-electron chi connectivity index (χ2n) is 5.76. The molecule has 6 nitrogen and oxygen atoms in total. The van der Waals surface area contributed by atoms with E-state index in [1.165, 1.54) is 5.56 Å². The Morgan fingerprint density at radius 3 is 2.52 bits per heavy atom. The van der Waals surface area contributed by atoms with Crippen molar-refractivity contribution in [2.24, 2.45) is 0 Å². The van der Waals surface area contributed by atoms with Gasteiger partial charge in [-0.2, -0.15) is 5.10 Å². The summed E-state index contributed by atoms with van der Waals surface area (Å²) in [7, 11) is 3.25. The first-order valence-corrected chi connectivity index (χ1v) is 7.63. The van der Waals surface area contributed by atoms with E-state index in [0.29, 0.717) is 25.3 Å². The third-order valence-corrected chi connectivity index (χ3v) is 4.16. The number of carbonyl (C=O) groups is 1. The van der Waals surface area contributed by atoms with Crippen LogP contribution in [0.15, 0.2) is 18.2 Å². The van der Waals surface area contributed by atoms with E-state index in [-0.39, 0.29) is 5.91 Å². The van der Waals surface area contributed by atoms with Crippen molar-refractivity contribution < 1.29 is 14.3 Å². The molecule has 6 heteroatoms. The molecule has 122 valence electrons. The van der Waals surface area contributed by atoms with E-state index in [9.17, 15) is 4.79 Å². The number of aromatic nitrogens is 2. The largest absolute Gasteiger partial charge is 0.493 e. The summed E-state index contributed by atoms with van der Waals surface area (Å²) in [6.45, 7) is 3.24. The minimum atomic E-state index is 0.0944. The van der Waals surface area contributed by atoms with Crippen molar-refractivity contribution in [2.45, 2.75) is 26.3 Å². The normalized spacial score (nSPS) is 13.6. The Bertz CT molecular complexity index is 724. The van der Waals surface area contributed by atoms with E-state index >= 15 is 0 Å². The third kappa shape index (κ3) is 3.16. The number of aromatic amines is 1. The van der Waals surface area contributed by atoms with Crippen molar-refractivity contribution in [3.8, 4) is 11.5 Å². The van der Waals surface area contributed by atoms with Crippen LogP contribution < -0.4 is 9.47 Å². The molecule has 0 spiro atoms. The van der Waals surface area contributed by atoms with Gasteiger partial charge in [0.1, 0.15) is 0 Å². The van der Waals surface area contributed by atoms with Crippen LogP contribution in [-0.4, -0.2) is 41.8 Å². The molecule has 1 aromatic heterocycles. The number of carbonyl (C=O) groups excluding carboxylic acids is 1. The zero-order chi connectivity index (χ0) is 16.4. The SMILES string of the molecule is COc1cc2c(cc1OC)CN(C(=O)Cc1cc(C)[nH]n1)CC2. The zero-order valence-electron chi connectivity index (χ0n) is 13.7. The average molecular weight is 315 g/mol. The van der Waals surface area contributed by atoms with Gasteiger partial charge >= 0.3 is 0 Å². The van der Waals surface area contributed by atoms with Crippen LogP contribution in [0.1, 0.15) is 22.5 Å². The summed E-state index contributed by atoms with van der Waals surface area (Å²) in [4.78, 5) is 14.4. The molecule has 2 aromatic rings. The Morgan fingerprint density at radius 2 is 1.91 bits per heavy atom. The molecule has 0 radical (unpaired) electrons. The summed E-state index contributed by atoms with van der Waals surface area (Å²) >= 11 is 0. The Labute approximate surface area is 135 Å². The molecule has 0 unspecified atom stereocenters. The lowest BCUT2D eigenvalue weighted by Gasteiger charge is -2.29. The van der Waals surface area contributed by atoms with E-state index < -0.39 is 0 Å². The molecular formula is C17H21N3O3. The van der Waals surface area contributed by atoms with Crippen LogP contribution in [0.3, 0.4) is 0 Å². The lowest BCUT2D eigenvalue weighted by molar-refractivity contribution is -0.131. The Kier molecular flexibility index (Phi) is 4.23. The number of H-pyrrole nitrogens is 1. The molecule has 1 aliphatic rings. The highest BCUT2D eigenvalue weighted by atomic mass is 16.5. The predicted octanol–water partition coefficient (Wildman–Crippen LogP) is 1.86. The molecule has 0 aliphatic carbocycles. The molecule has 1 N–H and O–H groups in total. The van der Waals surface area contributed by atoms with Crippen LogP contribution in [0.4, 0.5) is 0 Å². The number of ether oxygens (including phenoxy) is 2. The minimum absolute atomic E-state index is 0.0944. The van der Waals surface area contributed by atoms with E-state index in [2.05, 4.69) is 10.2 Å². The van der Waals surface area contributed by atoms with Gasteiger partial charge in [-0.05, 0) is 42.7 Å². The summed E-state index contributed by atoms with van der Waals surface area (Å²) in [6, 6.07) is 5.88. The molecule has 1 amide bonds. The van der Waals surface area contributed by atoms with Crippen LogP contribution in [0.25, 0.3) is 0 Å². The standard InChI is InChI=1S/C17H21N3O3/c1-11-6-14(19-18-11)9-17(21)20-5-4-12-7-15(22-2)16(23-3)8-13(12)10-20/h6-8H,4-5,9-10H2,1-3H3,(H,18,19). The first kappa shape index (κ1) is 15.4. The fourth-order valence-corrected chi connectivity index (χ4v) is 2.93. The first-order valence-electron chi connectivity index (χ1n) is 7.63.